The van der Waals surface area contributed by atoms with E-state index < -0.39 is 84.6 Å². The molecule has 74 heavy (non-hydrogen) atoms. The quantitative estimate of drug-likeness (QED) is 0.0443. The molecule has 1 saturated heterocycles. The highest BCUT2D eigenvalue weighted by Gasteiger charge is 2.27. The van der Waals surface area contributed by atoms with Crippen LogP contribution in [0.2, 0.25) is 0 Å². The maximum Gasteiger partial charge on any atom is 0.326 e. The average molecular weight is 1040 g/mol. The van der Waals surface area contributed by atoms with Crippen LogP contribution in [0.3, 0.4) is 0 Å². The number of unbranched alkanes of at least 4 members (excludes halogenated alkanes) is 1. The Balaban J connectivity index is 1.35. The van der Waals surface area contributed by atoms with Crippen molar-refractivity contribution in [2.75, 3.05) is 85.1 Å². The lowest BCUT2D eigenvalue weighted by molar-refractivity contribution is -0.141. The van der Waals surface area contributed by atoms with E-state index in [1.165, 1.54) is 0 Å². The van der Waals surface area contributed by atoms with Gasteiger partial charge in [-0.3, -0.25) is 53.2 Å². The summed E-state index contributed by atoms with van der Waals surface area (Å²) in [4.78, 5) is 129. The van der Waals surface area contributed by atoms with Crippen LogP contribution < -0.4 is 21.3 Å². The Kier molecular flexibility index (Phi) is 24.3. The lowest BCUT2D eigenvalue weighted by atomic mass is 10.0. The van der Waals surface area contributed by atoms with E-state index in [4.69, 9.17) is 5.11 Å². The number of amides is 4. The number of Topliss-reactive ketones (excluding diaryl/α,β-unsaturated/α-hetero) is 1. The highest BCUT2D eigenvalue weighted by molar-refractivity contribution is 5.98. The van der Waals surface area contributed by atoms with Crippen LogP contribution >= 0.6 is 0 Å². The zero-order valence-electron chi connectivity index (χ0n) is 41.0. The molecular weight excluding hydrogens is 969 g/mol. The third-order valence-corrected chi connectivity index (χ3v) is 12.3. The minimum absolute atomic E-state index is 0.0161. The molecule has 1 aliphatic rings. The van der Waals surface area contributed by atoms with Gasteiger partial charge in [-0.1, -0.05) is 54.6 Å². The van der Waals surface area contributed by atoms with Crippen LogP contribution in [0.4, 0.5) is 4.79 Å². The van der Waals surface area contributed by atoms with Crippen molar-refractivity contribution in [2.24, 2.45) is 0 Å². The maximum atomic E-state index is 13.7. The molecule has 10 N–H and O–H groups in total. The van der Waals surface area contributed by atoms with Crippen LogP contribution in [0.1, 0.15) is 60.0 Å². The molecule has 3 aromatic rings. The molecule has 0 aromatic heterocycles. The van der Waals surface area contributed by atoms with Crippen molar-refractivity contribution < 1.29 is 78.6 Å². The molecule has 24 nitrogen and oxygen atoms in total. The largest absolute Gasteiger partial charge is 0.481 e. The van der Waals surface area contributed by atoms with Gasteiger partial charge >= 0.3 is 41.8 Å². The number of nitrogens with zero attached hydrogens (tertiary/aromatic N) is 4. The first-order valence-corrected chi connectivity index (χ1v) is 24.2. The van der Waals surface area contributed by atoms with Crippen LogP contribution in [0, 0.1) is 0 Å². The molecule has 3 aromatic carbocycles. The summed E-state index contributed by atoms with van der Waals surface area (Å²) in [5.74, 6) is -8.51. The van der Waals surface area contributed by atoms with Crippen molar-refractivity contribution in [1.82, 2.24) is 40.9 Å². The summed E-state index contributed by atoms with van der Waals surface area (Å²) in [6.45, 7) is 1.36. The molecule has 0 saturated carbocycles. The van der Waals surface area contributed by atoms with Gasteiger partial charge in [0.2, 0.25) is 5.91 Å². The summed E-state index contributed by atoms with van der Waals surface area (Å²) >= 11 is 0. The maximum absolute atomic E-state index is 13.7. The Morgan fingerprint density at radius 3 is 1.47 bits per heavy atom. The number of urea groups is 1. The van der Waals surface area contributed by atoms with E-state index in [9.17, 15) is 73.5 Å². The predicted molar refractivity (Wildman–Crippen MR) is 266 cm³/mol. The summed E-state index contributed by atoms with van der Waals surface area (Å²) in [5.41, 5.74) is 1.76. The Bertz CT molecular complexity index is 2410. The number of carboxylic acids is 6. The fourth-order valence-electron chi connectivity index (χ4n) is 8.22. The van der Waals surface area contributed by atoms with Gasteiger partial charge in [-0.05, 0) is 66.1 Å². The minimum atomic E-state index is -1.56. The van der Waals surface area contributed by atoms with Gasteiger partial charge in [0.1, 0.15) is 23.9 Å². The van der Waals surface area contributed by atoms with Crippen LogP contribution in [-0.2, 0) is 51.2 Å². The number of hydrogen-bond donors (Lipinski definition) is 10. The number of carbonyl (C=O) groups is 10. The number of carboxylic acid groups (broad SMARTS) is 6. The van der Waals surface area contributed by atoms with Crippen molar-refractivity contribution in [1.29, 1.82) is 0 Å². The summed E-state index contributed by atoms with van der Waals surface area (Å²) < 4.78 is 0. The molecule has 1 aliphatic heterocycles. The van der Waals surface area contributed by atoms with Gasteiger partial charge < -0.3 is 51.9 Å². The van der Waals surface area contributed by atoms with E-state index in [1.807, 2.05) is 47.4 Å². The molecule has 0 aliphatic carbocycles. The molecule has 1 unspecified atom stereocenters. The second-order valence-corrected chi connectivity index (χ2v) is 18.1. The third kappa shape index (κ3) is 22.1. The Hall–Kier alpha value is -7.54. The molecule has 0 spiro atoms. The lowest BCUT2D eigenvalue weighted by Gasteiger charge is -2.32. The van der Waals surface area contributed by atoms with Crippen LogP contribution in [0.5, 0.6) is 0 Å². The van der Waals surface area contributed by atoms with Gasteiger partial charge in [-0.25, -0.2) is 14.4 Å². The lowest BCUT2D eigenvalue weighted by Crippen LogP contribution is -2.51. The third-order valence-electron chi connectivity index (χ3n) is 12.3. The molecule has 1 heterocycles. The van der Waals surface area contributed by atoms with E-state index in [2.05, 4.69) is 21.3 Å². The number of carbonyl (C=O) groups excluding carboxylic acids is 4. The van der Waals surface area contributed by atoms with Gasteiger partial charge in [-0.2, -0.15) is 0 Å². The van der Waals surface area contributed by atoms with Gasteiger partial charge in [0.15, 0.2) is 0 Å². The number of fused-ring (bicyclic) bond motifs is 1. The van der Waals surface area contributed by atoms with E-state index in [-0.39, 0.29) is 115 Å². The summed E-state index contributed by atoms with van der Waals surface area (Å²) in [6, 6.07) is 14.7. The Morgan fingerprint density at radius 2 is 0.973 bits per heavy atom. The smallest absolute Gasteiger partial charge is 0.326 e. The standard InChI is InChI=1S/C50H66N8O16/c59-38(29-55-19-21-56(30-43(62)63)23-25-58(32-45(66)67)26-24-57(22-20-55)31-44(64)65)15-11-33-8-13-36(14-9-33)46(68)52-41(28-34-10-12-35-5-1-2-6-37(35)27-34)47(69)51-18-4-3-7-39(48(70)71)53-50(74)54-40(49(72)73)16-17-42(60)61/h1-2,5-6,8-10,12-14,27,39-41H,3-4,7,11,15-26,28-32H2,(H,51,69)(H,52,68)(H,60,61)(H,62,63)(H,64,65)(H,66,67)(H,70,71)(H,72,73)(H2,53,54,74)/t39-,40-,41?/m0/s1. The van der Waals surface area contributed by atoms with Crippen LogP contribution in [0.15, 0.2) is 66.7 Å². The van der Waals surface area contributed by atoms with Crippen molar-refractivity contribution in [3.63, 3.8) is 0 Å². The summed E-state index contributed by atoms with van der Waals surface area (Å²) in [6.07, 6.45) is -0.00262. The molecule has 4 amide bonds. The zero-order valence-corrected chi connectivity index (χ0v) is 41.0. The van der Waals surface area contributed by atoms with E-state index in [1.54, 1.807) is 39.0 Å². The highest BCUT2D eigenvalue weighted by atomic mass is 16.4. The fourth-order valence-corrected chi connectivity index (χ4v) is 8.22. The molecule has 0 radical (unpaired) electrons. The van der Waals surface area contributed by atoms with E-state index in [0.717, 1.165) is 21.9 Å². The first kappa shape index (κ1) is 59.0. The molecular formula is C50H66N8O16. The van der Waals surface area contributed by atoms with E-state index in [0.29, 0.717) is 19.5 Å². The monoisotopic (exact) mass is 1030 g/mol. The number of aryl methyl sites for hydroxylation is 1. The van der Waals surface area contributed by atoms with Crippen LogP contribution in [-0.4, -0.2) is 213 Å². The predicted octanol–water partition coefficient (Wildman–Crippen LogP) is 0.515. The van der Waals surface area contributed by atoms with Crippen molar-refractivity contribution >= 4 is 70.2 Å². The van der Waals surface area contributed by atoms with E-state index >= 15 is 0 Å². The van der Waals surface area contributed by atoms with Crippen molar-refractivity contribution in [3.05, 3.63) is 83.4 Å². The first-order valence-electron chi connectivity index (χ1n) is 24.2. The molecule has 3 atom stereocenters. The molecule has 0 bridgehead atoms. The summed E-state index contributed by atoms with van der Waals surface area (Å²) in [7, 11) is 0. The Labute approximate surface area is 426 Å². The number of nitrogens with one attached hydrogen (secondary N) is 4. The van der Waals surface area contributed by atoms with Gasteiger partial charge in [0.05, 0.1) is 26.2 Å². The average Bonchev–Trinajstić information content (AvgIpc) is 3.34. The van der Waals surface area contributed by atoms with Gasteiger partial charge in [0, 0.05) is 83.7 Å². The number of rotatable bonds is 28. The molecule has 24 heteroatoms. The fraction of sp³-hybridized carbons (Fsp3) is 0.480. The number of aliphatic carboxylic acids is 6. The van der Waals surface area contributed by atoms with Crippen molar-refractivity contribution in [3.8, 4) is 0 Å². The van der Waals surface area contributed by atoms with Gasteiger partial charge in [-0.15, -0.1) is 0 Å². The molecule has 402 valence electrons. The number of ketones is 1. The second-order valence-electron chi connectivity index (χ2n) is 18.1. The molecule has 4 rings (SSSR count). The molecule has 1 fully saturated rings. The van der Waals surface area contributed by atoms with Crippen LogP contribution in [0.25, 0.3) is 10.8 Å². The van der Waals surface area contributed by atoms with Gasteiger partial charge in [0.25, 0.3) is 5.91 Å². The number of hydrogen-bond acceptors (Lipinski definition) is 14. The topological polar surface area (TPSA) is 353 Å². The Morgan fingerprint density at radius 1 is 0.486 bits per heavy atom. The second kappa shape index (κ2) is 30.5. The minimum Gasteiger partial charge on any atom is -0.481 e. The SMILES string of the molecule is O=C(O)CC[C@H](NC(=O)N[C@@H](CCCCNC(=O)C(Cc1ccc2ccccc2c1)NC(=O)c1ccc(CCC(=O)CN2CCN(CC(=O)O)CCN(CC(=O)O)CCN(CC(=O)O)CC2)cc1)C(=O)O)C(=O)O. The normalized spacial score (nSPS) is 15.5. The number of benzene rings is 3. The summed E-state index contributed by atoms with van der Waals surface area (Å²) in [5, 5.41) is 68.1. The van der Waals surface area contributed by atoms with Crippen molar-refractivity contribution in [2.45, 2.75) is 69.5 Å². The highest BCUT2D eigenvalue weighted by Crippen LogP contribution is 2.18. The first-order chi connectivity index (χ1) is 35.2. The zero-order chi connectivity index (χ0) is 54.2.